The highest BCUT2D eigenvalue weighted by molar-refractivity contribution is 7.90. The van der Waals surface area contributed by atoms with Crippen molar-refractivity contribution in [1.29, 1.82) is 0 Å². The van der Waals surface area contributed by atoms with E-state index in [2.05, 4.69) is 10.4 Å². The first-order valence-corrected chi connectivity index (χ1v) is 9.01. The normalized spacial score (nSPS) is 17.7. The lowest BCUT2D eigenvalue weighted by Crippen LogP contribution is -2.40. The number of rotatable bonds is 6. The van der Waals surface area contributed by atoms with Gasteiger partial charge in [-0.3, -0.25) is 14.6 Å². The van der Waals surface area contributed by atoms with Gasteiger partial charge in [0.25, 0.3) is 5.91 Å². The van der Waals surface area contributed by atoms with Crippen LogP contribution in [0.15, 0.2) is 35.4 Å². The average Bonchev–Trinajstić information content (AvgIpc) is 2.92. The Kier molecular flexibility index (Phi) is 4.99. The van der Waals surface area contributed by atoms with E-state index in [-0.39, 0.29) is 24.4 Å². The molecule has 9 heteroatoms. The van der Waals surface area contributed by atoms with Crippen LogP contribution in [0.1, 0.15) is 6.42 Å². The highest BCUT2D eigenvalue weighted by atomic mass is 32.2. The van der Waals surface area contributed by atoms with E-state index >= 15 is 0 Å². The Hall–Kier alpha value is -2.42. The lowest BCUT2D eigenvalue weighted by molar-refractivity contribution is -0.119. The van der Waals surface area contributed by atoms with Gasteiger partial charge in [0.1, 0.15) is 21.6 Å². The summed E-state index contributed by atoms with van der Waals surface area (Å²) in [6.45, 7) is -0.0107. The van der Waals surface area contributed by atoms with E-state index in [1.807, 2.05) is 6.07 Å². The number of primary amides is 1. The SMILES string of the molecule is CS(=O)(=O)CCNC(=O)C1=NN(c2ccccc2)[C@H](C(N)=O)C1. The van der Waals surface area contributed by atoms with Crippen molar-refractivity contribution in [3.8, 4) is 0 Å². The molecule has 0 saturated carbocycles. The molecule has 0 fully saturated rings. The van der Waals surface area contributed by atoms with E-state index in [0.29, 0.717) is 5.69 Å². The van der Waals surface area contributed by atoms with Crippen LogP contribution in [0, 0.1) is 0 Å². The largest absolute Gasteiger partial charge is 0.368 e. The number of sulfone groups is 1. The third-order valence-corrected chi connectivity index (χ3v) is 4.23. The van der Waals surface area contributed by atoms with Crippen molar-refractivity contribution in [3.05, 3.63) is 30.3 Å². The molecule has 0 saturated heterocycles. The standard InChI is InChI=1S/C14H18N4O4S/c1-23(21,22)8-7-16-14(20)11-9-12(13(15)19)18(17-11)10-5-3-2-4-6-10/h2-6,12H,7-9H2,1H3,(H2,15,19)(H,16,20)/t12-/m0/s1. The number of hydrogen-bond acceptors (Lipinski definition) is 6. The Morgan fingerprint density at radius 3 is 2.57 bits per heavy atom. The first kappa shape index (κ1) is 16.9. The Bertz CT molecular complexity index is 730. The van der Waals surface area contributed by atoms with Gasteiger partial charge in [-0.05, 0) is 12.1 Å². The summed E-state index contributed by atoms with van der Waals surface area (Å²) in [6.07, 6.45) is 1.17. The number of hydrazone groups is 1. The maximum atomic E-state index is 12.1. The topological polar surface area (TPSA) is 122 Å². The molecule has 0 bridgehead atoms. The third kappa shape index (κ3) is 4.52. The predicted molar refractivity (Wildman–Crippen MR) is 86.7 cm³/mol. The van der Waals surface area contributed by atoms with Crippen LogP contribution in [0.4, 0.5) is 5.69 Å². The minimum Gasteiger partial charge on any atom is -0.368 e. The molecule has 1 aromatic rings. The van der Waals surface area contributed by atoms with E-state index < -0.39 is 27.7 Å². The molecule has 8 nitrogen and oxygen atoms in total. The fourth-order valence-corrected chi connectivity index (χ4v) is 2.61. The van der Waals surface area contributed by atoms with E-state index in [1.165, 1.54) is 5.01 Å². The molecule has 0 unspecified atom stereocenters. The van der Waals surface area contributed by atoms with Crippen molar-refractivity contribution >= 4 is 33.1 Å². The second-order valence-electron chi connectivity index (χ2n) is 5.23. The minimum atomic E-state index is -3.16. The highest BCUT2D eigenvalue weighted by Gasteiger charge is 2.34. The van der Waals surface area contributed by atoms with Gasteiger partial charge >= 0.3 is 0 Å². The van der Waals surface area contributed by atoms with E-state index in [0.717, 1.165) is 6.26 Å². The number of nitrogens with one attached hydrogen (secondary N) is 1. The Labute approximate surface area is 134 Å². The first-order chi connectivity index (χ1) is 10.8. The summed E-state index contributed by atoms with van der Waals surface area (Å²) in [5.41, 5.74) is 6.17. The summed E-state index contributed by atoms with van der Waals surface area (Å²) in [7, 11) is -3.16. The molecular formula is C14H18N4O4S. The van der Waals surface area contributed by atoms with Gasteiger partial charge in [0.05, 0.1) is 11.4 Å². The van der Waals surface area contributed by atoms with Crippen molar-refractivity contribution < 1.29 is 18.0 Å². The molecule has 1 aliphatic rings. The predicted octanol–water partition coefficient (Wildman–Crippen LogP) is -0.733. The van der Waals surface area contributed by atoms with Crippen LogP contribution in [-0.4, -0.2) is 50.5 Å². The maximum absolute atomic E-state index is 12.1. The molecule has 124 valence electrons. The highest BCUT2D eigenvalue weighted by Crippen LogP contribution is 2.24. The molecular weight excluding hydrogens is 320 g/mol. The molecule has 2 rings (SSSR count). The molecule has 0 aliphatic carbocycles. The van der Waals surface area contributed by atoms with Gasteiger partial charge in [-0.15, -0.1) is 0 Å². The smallest absolute Gasteiger partial charge is 0.267 e. The van der Waals surface area contributed by atoms with Gasteiger partial charge < -0.3 is 11.1 Å². The maximum Gasteiger partial charge on any atom is 0.267 e. The quantitative estimate of drug-likeness (QED) is 0.708. The van der Waals surface area contributed by atoms with Crippen LogP contribution in [0.25, 0.3) is 0 Å². The fraction of sp³-hybridized carbons (Fsp3) is 0.357. The number of amides is 2. The van der Waals surface area contributed by atoms with Crippen LogP contribution in [0.5, 0.6) is 0 Å². The number of para-hydroxylation sites is 1. The number of benzene rings is 1. The van der Waals surface area contributed by atoms with Crippen LogP contribution in [0.3, 0.4) is 0 Å². The number of carbonyl (C=O) groups excluding carboxylic acids is 2. The molecule has 1 heterocycles. The van der Waals surface area contributed by atoms with Crippen molar-refractivity contribution in [1.82, 2.24) is 5.32 Å². The zero-order chi connectivity index (χ0) is 17.0. The zero-order valence-corrected chi connectivity index (χ0v) is 13.4. The lowest BCUT2D eigenvalue weighted by atomic mass is 10.1. The van der Waals surface area contributed by atoms with Crippen LogP contribution < -0.4 is 16.1 Å². The van der Waals surface area contributed by atoms with Crippen molar-refractivity contribution in [3.63, 3.8) is 0 Å². The minimum absolute atomic E-state index is 0.0107. The lowest BCUT2D eigenvalue weighted by Gasteiger charge is -2.20. The molecule has 0 spiro atoms. The molecule has 1 atom stereocenters. The second kappa shape index (κ2) is 6.78. The van der Waals surface area contributed by atoms with Gasteiger partial charge in [-0.1, -0.05) is 18.2 Å². The summed E-state index contributed by atoms with van der Waals surface area (Å²) in [5.74, 6) is -1.25. The van der Waals surface area contributed by atoms with Crippen molar-refractivity contribution in [2.24, 2.45) is 10.8 Å². The van der Waals surface area contributed by atoms with E-state index in [1.54, 1.807) is 24.3 Å². The summed E-state index contributed by atoms with van der Waals surface area (Å²) < 4.78 is 22.1. The summed E-state index contributed by atoms with van der Waals surface area (Å²) >= 11 is 0. The Balaban J connectivity index is 2.10. The molecule has 2 amide bonds. The van der Waals surface area contributed by atoms with E-state index in [9.17, 15) is 18.0 Å². The monoisotopic (exact) mass is 338 g/mol. The number of nitrogens with zero attached hydrogens (tertiary/aromatic N) is 2. The Morgan fingerprint density at radius 2 is 2.00 bits per heavy atom. The zero-order valence-electron chi connectivity index (χ0n) is 12.6. The van der Waals surface area contributed by atoms with Gasteiger partial charge in [0.15, 0.2) is 0 Å². The van der Waals surface area contributed by atoms with Gasteiger partial charge in [0, 0.05) is 19.2 Å². The average molecular weight is 338 g/mol. The number of hydrogen-bond donors (Lipinski definition) is 2. The molecule has 0 radical (unpaired) electrons. The van der Waals surface area contributed by atoms with Crippen molar-refractivity contribution in [2.75, 3.05) is 23.6 Å². The van der Waals surface area contributed by atoms with Crippen LogP contribution in [-0.2, 0) is 19.4 Å². The molecule has 1 aromatic carbocycles. The summed E-state index contributed by atoms with van der Waals surface area (Å²) in [4.78, 5) is 23.7. The van der Waals surface area contributed by atoms with Gasteiger partial charge in [0.2, 0.25) is 5.91 Å². The molecule has 23 heavy (non-hydrogen) atoms. The van der Waals surface area contributed by atoms with E-state index in [4.69, 9.17) is 5.73 Å². The van der Waals surface area contributed by atoms with Gasteiger partial charge in [-0.25, -0.2) is 8.42 Å². The third-order valence-electron chi connectivity index (χ3n) is 3.28. The van der Waals surface area contributed by atoms with Crippen LogP contribution >= 0.6 is 0 Å². The van der Waals surface area contributed by atoms with Gasteiger partial charge in [-0.2, -0.15) is 5.10 Å². The number of anilines is 1. The molecule has 3 N–H and O–H groups in total. The summed E-state index contributed by atoms with van der Waals surface area (Å²) in [5, 5.41) is 8.06. The second-order valence-corrected chi connectivity index (χ2v) is 7.49. The molecule has 1 aliphatic heterocycles. The van der Waals surface area contributed by atoms with Crippen molar-refractivity contribution in [2.45, 2.75) is 12.5 Å². The molecule has 0 aromatic heterocycles. The van der Waals surface area contributed by atoms with Crippen LogP contribution in [0.2, 0.25) is 0 Å². The number of nitrogens with two attached hydrogens (primary N) is 1. The first-order valence-electron chi connectivity index (χ1n) is 6.95. The fourth-order valence-electron chi connectivity index (χ4n) is 2.14. The number of carbonyl (C=O) groups is 2. The Morgan fingerprint density at radius 1 is 1.35 bits per heavy atom. The summed E-state index contributed by atoms with van der Waals surface area (Å²) in [6, 6.07) is 8.16.